The monoisotopic (exact) mass is 374 g/mol. The maximum Gasteiger partial charge on any atom is 0.183 e. The van der Waals surface area contributed by atoms with Crippen LogP contribution in [0.25, 0.3) is 0 Å². The van der Waals surface area contributed by atoms with Crippen LogP contribution < -0.4 is 0 Å². The number of rotatable bonds is 4. The molecular formula is C22H38OSi2. The van der Waals surface area contributed by atoms with Crippen molar-refractivity contribution in [1.82, 2.24) is 0 Å². The van der Waals surface area contributed by atoms with Crippen LogP contribution in [0, 0.1) is 11.8 Å². The summed E-state index contributed by atoms with van der Waals surface area (Å²) in [6.07, 6.45) is 16.2. The normalized spacial score (nSPS) is 43.8. The minimum Gasteiger partial charge on any atom is -0.454 e. The predicted molar refractivity (Wildman–Crippen MR) is 113 cm³/mol. The minimum atomic E-state index is -1.79. The van der Waals surface area contributed by atoms with E-state index < -0.39 is 16.6 Å². The van der Waals surface area contributed by atoms with E-state index in [9.17, 15) is 0 Å². The summed E-state index contributed by atoms with van der Waals surface area (Å²) in [5.41, 5.74) is 3.54. The molecule has 0 saturated heterocycles. The van der Waals surface area contributed by atoms with E-state index in [0.29, 0.717) is 10.1 Å². The smallest absolute Gasteiger partial charge is 0.183 e. The first-order valence-corrected chi connectivity index (χ1v) is 16.5. The van der Waals surface area contributed by atoms with Crippen LogP contribution in [0.4, 0.5) is 0 Å². The molecule has 0 N–H and O–H groups in total. The molecule has 0 spiro atoms. The van der Waals surface area contributed by atoms with Crippen molar-refractivity contribution in [1.29, 1.82) is 0 Å². The van der Waals surface area contributed by atoms with Gasteiger partial charge in [0.15, 0.2) is 16.6 Å². The van der Waals surface area contributed by atoms with Crippen molar-refractivity contribution in [3.63, 3.8) is 0 Å². The van der Waals surface area contributed by atoms with Gasteiger partial charge in [0.1, 0.15) is 0 Å². The standard InChI is InChI=1S/C22H38OSi2/c1-7-19-13-17-9-11-21(19,15-17)24(3,4)23-25(5,6)22-12-10-18(16-22)14-20(22)8-2/h7-8,17-18H,9-16H2,1-6H3. The lowest BCUT2D eigenvalue weighted by atomic mass is 9.94. The molecule has 0 aromatic rings. The highest BCUT2D eigenvalue weighted by atomic mass is 28.4. The first kappa shape index (κ1) is 18.2. The van der Waals surface area contributed by atoms with Gasteiger partial charge >= 0.3 is 0 Å². The van der Waals surface area contributed by atoms with Gasteiger partial charge in [-0.3, -0.25) is 0 Å². The predicted octanol–water partition coefficient (Wildman–Crippen LogP) is 7.19. The van der Waals surface area contributed by atoms with Gasteiger partial charge in [-0.25, -0.2) is 0 Å². The molecule has 0 radical (unpaired) electrons. The van der Waals surface area contributed by atoms with Gasteiger partial charge in [-0.2, -0.15) is 0 Å². The van der Waals surface area contributed by atoms with Crippen molar-refractivity contribution in [3.8, 4) is 0 Å². The lowest BCUT2D eigenvalue weighted by Crippen LogP contribution is -2.56. The average molecular weight is 375 g/mol. The van der Waals surface area contributed by atoms with E-state index in [4.69, 9.17) is 4.12 Å². The summed E-state index contributed by atoms with van der Waals surface area (Å²) in [5.74, 6) is 1.91. The van der Waals surface area contributed by atoms with Crippen molar-refractivity contribution in [2.45, 2.75) is 101 Å². The Morgan fingerprint density at radius 2 is 1.20 bits per heavy atom. The Morgan fingerprint density at radius 1 is 0.800 bits per heavy atom. The van der Waals surface area contributed by atoms with Gasteiger partial charge in [-0.15, -0.1) is 0 Å². The second kappa shape index (κ2) is 5.69. The van der Waals surface area contributed by atoms with E-state index in [0.717, 1.165) is 11.8 Å². The van der Waals surface area contributed by atoms with Crippen molar-refractivity contribution < 1.29 is 4.12 Å². The Balaban J connectivity index is 1.66. The maximum atomic E-state index is 7.50. The van der Waals surface area contributed by atoms with Crippen LogP contribution in [0.1, 0.15) is 65.2 Å². The zero-order chi connectivity index (χ0) is 18.1. The molecular weight excluding hydrogens is 336 g/mol. The molecule has 4 atom stereocenters. The molecule has 0 aromatic carbocycles. The topological polar surface area (TPSA) is 9.23 Å². The molecule has 4 rings (SSSR count). The SMILES string of the molecule is CC=C1CC2CCC1([Si](C)(C)O[Si](C)(C)C13CCC(CC1=CC)C3)C2. The molecule has 4 saturated carbocycles. The van der Waals surface area contributed by atoms with Crippen molar-refractivity contribution >= 4 is 16.6 Å². The van der Waals surface area contributed by atoms with Gasteiger partial charge in [0, 0.05) is 10.1 Å². The van der Waals surface area contributed by atoms with Crippen molar-refractivity contribution in [3.05, 3.63) is 23.3 Å². The lowest BCUT2D eigenvalue weighted by Gasteiger charge is -2.52. The summed E-state index contributed by atoms with van der Waals surface area (Å²) < 4.78 is 7.50. The highest BCUT2D eigenvalue weighted by Crippen LogP contribution is 2.71. The molecule has 0 heterocycles. The zero-order valence-electron chi connectivity index (χ0n) is 17.4. The third-order valence-corrected chi connectivity index (χ3v) is 19.2. The Hall–Kier alpha value is -0.126. The van der Waals surface area contributed by atoms with Crippen LogP contribution in [-0.4, -0.2) is 16.6 Å². The van der Waals surface area contributed by atoms with Gasteiger partial charge in [0.2, 0.25) is 0 Å². The summed E-state index contributed by atoms with van der Waals surface area (Å²) in [6, 6.07) is 0. The number of fused-ring (bicyclic) bond motifs is 4. The van der Waals surface area contributed by atoms with E-state index in [1.54, 1.807) is 11.1 Å². The van der Waals surface area contributed by atoms with Crippen molar-refractivity contribution in [2.75, 3.05) is 0 Å². The van der Waals surface area contributed by atoms with E-state index in [2.05, 4.69) is 52.2 Å². The van der Waals surface area contributed by atoms with Crippen LogP contribution in [0.3, 0.4) is 0 Å². The first-order chi connectivity index (χ1) is 11.7. The molecule has 0 amide bonds. The molecule has 0 aromatic heterocycles. The maximum absolute atomic E-state index is 7.50. The summed E-state index contributed by atoms with van der Waals surface area (Å²) in [5, 5.41) is 0.917. The first-order valence-electron chi connectivity index (χ1n) is 10.7. The van der Waals surface area contributed by atoms with Crippen LogP contribution in [0.15, 0.2) is 23.3 Å². The van der Waals surface area contributed by atoms with E-state index in [-0.39, 0.29) is 0 Å². The molecule has 4 unspecified atom stereocenters. The number of hydrogen-bond donors (Lipinski definition) is 0. The summed E-state index contributed by atoms with van der Waals surface area (Å²) in [6.45, 7) is 14.9. The lowest BCUT2D eigenvalue weighted by molar-refractivity contribution is 0.434. The second-order valence-corrected chi connectivity index (χ2v) is 19.3. The zero-order valence-corrected chi connectivity index (χ0v) is 19.4. The van der Waals surface area contributed by atoms with Gasteiger partial charge in [-0.05, 0) is 103 Å². The molecule has 4 bridgehead atoms. The molecule has 4 aliphatic carbocycles. The van der Waals surface area contributed by atoms with Gasteiger partial charge in [-0.1, -0.05) is 23.3 Å². The van der Waals surface area contributed by atoms with Crippen molar-refractivity contribution in [2.24, 2.45) is 11.8 Å². The van der Waals surface area contributed by atoms with E-state index in [1.165, 1.54) is 51.4 Å². The van der Waals surface area contributed by atoms with Crippen LogP contribution in [-0.2, 0) is 4.12 Å². The Labute approximate surface area is 157 Å². The van der Waals surface area contributed by atoms with Crippen LogP contribution in [0.2, 0.25) is 36.3 Å². The van der Waals surface area contributed by atoms with E-state index >= 15 is 0 Å². The Bertz CT molecular complexity index is 578. The molecule has 1 nitrogen and oxygen atoms in total. The van der Waals surface area contributed by atoms with Gasteiger partial charge in [0.05, 0.1) is 0 Å². The fourth-order valence-electron chi connectivity index (χ4n) is 7.73. The molecule has 4 fully saturated rings. The minimum absolute atomic E-state index is 0.458. The second-order valence-electron chi connectivity index (χ2n) is 10.5. The summed E-state index contributed by atoms with van der Waals surface area (Å²) >= 11 is 0. The fraction of sp³-hybridized carbons (Fsp3) is 0.818. The Morgan fingerprint density at radius 3 is 1.52 bits per heavy atom. The number of hydrogen-bond acceptors (Lipinski definition) is 1. The molecule has 3 heteroatoms. The fourth-order valence-corrected chi connectivity index (χ4v) is 19.5. The van der Waals surface area contributed by atoms with Gasteiger partial charge in [0.25, 0.3) is 0 Å². The quantitative estimate of drug-likeness (QED) is 0.373. The largest absolute Gasteiger partial charge is 0.454 e. The molecule has 0 aliphatic heterocycles. The molecule has 4 aliphatic rings. The van der Waals surface area contributed by atoms with Gasteiger partial charge < -0.3 is 4.12 Å². The average Bonchev–Trinajstić information content (AvgIpc) is 3.31. The third-order valence-electron chi connectivity index (χ3n) is 8.99. The third kappa shape index (κ3) is 2.34. The highest BCUT2D eigenvalue weighted by Gasteiger charge is 2.64. The number of allylic oxidation sites excluding steroid dienone is 4. The highest BCUT2D eigenvalue weighted by molar-refractivity contribution is 6.88. The molecule has 140 valence electrons. The van der Waals surface area contributed by atoms with Crippen LogP contribution >= 0.6 is 0 Å². The Kier molecular flexibility index (Phi) is 4.15. The summed E-state index contributed by atoms with van der Waals surface area (Å²) in [4.78, 5) is 0. The van der Waals surface area contributed by atoms with E-state index in [1.807, 2.05) is 0 Å². The summed E-state index contributed by atoms with van der Waals surface area (Å²) in [7, 11) is -3.57. The molecule has 25 heavy (non-hydrogen) atoms. The van der Waals surface area contributed by atoms with Crippen LogP contribution in [0.5, 0.6) is 0 Å².